The summed E-state index contributed by atoms with van der Waals surface area (Å²) in [6.07, 6.45) is 3.77. The second kappa shape index (κ2) is 9.78. The lowest BCUT2D eigenvalue weighted by molar-refractivity contribution is 0.122. The van der Waals surface area contributed by atoms with Crippen LogP contribution in [0, 0.1) is 5.92 Å². The lowest BCUT2D eigenvalue weighted by Gasteiger charge is -2.36. The molecule has 138 valence electrons. The molecule has 0 bridgehead atoms. The molecule has 2 aliphatic rings. The first-order chi connectivity index (χ1) is 12.3. The minimum Gasteiger partial charge on any atom is -0.381 e. The molecule has 1 aromatic rings. The molecule has 0 aromatic heterocycles. The van der Waals surface area contributed by atoms with Crippen molar-refractivity contribution < 1.29 is 4.74 Å². The topological polar surface area (TPSA) is 40.1 Å². The van der Waals surface area contributed by atoms with Gasteiger partial charge in [-0.25, -0.2) is 0 Å². The predicted octanol–water partition coefficient (Wildman–Crippen LogP) is 2.20. The third-order valence-electron chi connectivity index (χ3n) is 4.93. The minimum atomic E-state index is 0.853. The first-order valence-electron chi connectivity index (χ1n) is 9.65. The highest BCUT2D eigenvalue weighted by Crippen LogP contribution is 2.28. The Kier molecular flexibility index (Phi) is 7.12. The van der Waals surface area contributed by atoms with Gasteiger partial charge in [0.25, 0.3) is 0 Å². The number of nitrogens with zero attached hydrogens (tertiary/aromatic N) is 3. The van der Waals surface area contributed by atoms with Crippen LogP contribution in [0.15, 0.2) is 35.3 Å². The fraction of sp³-hybridized carbons (Fsp3) is 0.650. The average molecular weight is 345 g/mol. The van der Waals surface area contributed by atoms with Gasteiger partial charge in [0.2, 0.25) is 0 Å². The summed E-state index contributed by atoms with van der Waals surface area (Å²) in [5.74, 6) is 1.88. The summed E-state index contributed by atoms with van der Waals surface area (Å²) in [5.41, 5.74) is 1.39. The summed E-state index contributed by atoms with van der Waals surface area (Å²) in [6, 6.07) is 10.7. The third kappa shape index (κ3) is 6.33. The van der Waals surface area contributed by atoms with Crippen LogP contribution in [0.25, 0.3) is 0 Å². The molecule has 0 amide bonds. The molecule has 1 saturated carbocycles. The number of hydrogen-bond acceptors (Lipinski definition) is 3. The van der Waals surface area contributed by atoms with E-state index in [1.165, 1.54) is 18.4 Å². The highest BCUT2D eigenvalue weighted by atomic mass is 16.5. The van der Waals surface area contributed by atoms with Crippen molar-refractivity contribution >= 4 is 5.96 Å². The summed E-state index contributed by atoms with van der Waals surface area (Å²) >= 11 is 0. The zero-order chi connectivity index (χ0) is 17.3. The molecule has 0 unspecified atom stereocenters. The summed E-state index contributed by atoms with van der Waals surface area (Å²) in [5, 5.41) is 3.48. The summed E-state index contributed by atoms with van der Waals surface area (Å²) in [4.78, 5) is 9.34. The molecule has 1 heterocycles. The molecule has 5 nitrogen and oxygen atoms in total. The van der Waals surface area contributed by atoms with Crippen molar-refractivity contribution in [1.29, 1.82) is 0 Å². The van der Waals surface area contributed by atoms with E-state index in [0.717, 1.165) is 70.8 Å². The second-order valence-corrected chi connectivity index (χ2v) is 7.09. The van der Waals surface area contributed by atoms with Gasteiger partial charge in [0.15, 0.2) is 5.96 Å². The molecule has 1 aliphatic carbocycles. The number of piperazine rings is 1. The fourth-order valence-corrected chi connectivity index (χ4v) is 3.20. The van der Waals surface area contributed by atoms with Gasteiger partial charge >= 0.3 is 0 Å². The molecule has 1 N–H and O–H groups in total. The maximum absolute atomic E-state index is 5.69. The highest BCUT2D eigenvalue weighted by molar-refractivity contribution is 5.79. The van der Waals surface area contributed by atoms with Crippen LogP contribution >= 0.6 is 0 Å². The Morgan fingerprint density at radius 3 is 2.60 bits per heavy atom. The van der Waals surface area contributed by atoms with Gasteiger partial charge in [-0.2, -0.15) is 0 Å². The number of guanidine groups is 1. The van der Waals surface area contributed by atoms with Crippen LogP contribution < -0.4 is 5.32 Å². The van der Waals surface area contributed by atoms with Gasteiger partial charge in [-0.1, -0.05) is 30.3 Å². The Balaban J connectivity index is 1.31. The van der Waals surface area contributed by atoms with E-state index in [2.05, 4.69) is 50.4 Å². The number of nitrogens with one attached hydrogen (secondary N) is 1. The van der Waals surface area contributed by atoms with Gasteiger partial charge in [-0.15, -0.1) is 0 Å². The van der Waals surface area contributed by atoms with Crippen molar-refractivity contribution in [2.24, 2.45) is 10.9 Å². The van der Waals surface area contributed by atoms with Crippen molar-refractivity contribution in [3.05, 3.63) is 35.9 Å². The van der Waals surface area contributed by atoms with Crippen molar-refractivity contribution in [2.45, 2.75) is 25.8 Å². The van der Waals surface area contributed by atoms with Crippen LogP contribution in [0.4, 0.5) is 0 Å². The molecule has 2 fully saturated rings. The largest absolute Gasteiger partial charge is 0.381 e. The van der Waals surface area contributed by atoms with Gasteiger partial charge in [0.05, 0.1) is 0 Å². The maximum Gasteiger partial charge on any atom is 0.193 e. The molecule has 0 atom stereocenters. The Morgan fingerprint density at radius 1 is 1.16 bits per heavy atom. The van der Waals surface area contributed by atoms with Crippen LogP contribution in [0.5, 0.6) is 0 Å². The van der Waals surface area contributed by atoms with E-state index in [9.17, 15) is 0 Å². The van der Waals surface area contributed by atoms with E-state index in [-0.39, 0.29) is 0 Å². The molecule has 0 spiro atoms. The van der Waals surface area contributed by atoms with Crippen LogP contribution in [0.1, 0.15) is 24.8 Å². The van der Waals surface area contributed by atoms with Gasteiger partial charge in [0, 0.05) is 59.5 Å². The lowest BCUT2D eigenvalue weighted by Crippen LogP contribution is -2.52. The Bertz CT molecular complexity index is 522. The number of ether oxygens (including phenoxy) is 1. The molecule has 1 aromatic carbocycles. The molecule has 3 rings (SSSR count). The monoisotopic (exact) mass is 344 g/mol. The van der Waals surface area contributed by atoms with E-state index < -0.39 is 0 Å². The maximum atomic E-state index is 5.69. The van der Waals surface area contributed by atoms with Crippen LogP contribution in [0.2, 0.25) is 0 Å². The standard InChI is InChI=1S/C20H32N4O/c1-21-20(22-10-5-15-25-17-19-8-9-19)24-13-11-23(12-14-24)16-18-6-3-2-4-7-18/h2-4,6-7,19H,5,8-17H2,1H3,(H,21,22). The van der Waals surface area contributed by atoms with Crippen molar-refractivity contribution in [1.82, 2.24) is 15.1 Å². The highest BCUT2D eigenvalue weighted by Gasteiger charge is 2.21. The molecular weight excluding hydrogens is 312 g/mol. The lowest BCUT2D eigenvalue weighted by atomic mass is 10.2. The van der Waals surface area contributed by atoms with Gasteiger partial charge in [0.1, 0.15) is 0 Å². The van der Waals surface area contributed by atoms with E-state index >= 15 is 0 Å². The van der Waals surface area contributed by atoms with Gasteiger partial charge < -0.3 is 15.0 Å². The van der Waals surface area contributed by atoms with Crippen LogP contribution in [-0.4, -0.2) is 68.7 Å². The molecule has 0 radical (unpaired) electrons. The zero-order valence-electron chi connectivity index (χ0n) is 15.5. The zero-order valence-corrected chi connectivity index (χ0v) is 15.5. The molecule has 5 heteroatoms. The molecule has 25 heavy (non-hydrogen) atoms. The average Bonchev–Trinajstić information content (AvgIpc) is 3.47. The first-order valence-corrected chi connectivity index (χ1v) is 9.65. The summed E-state index contributed by atoms with van der Waals surface area (Å²) in [6.45, 7) is 8.01. The fourth-order valence-electron chi connectivity index (χ4n) is 3.20. The Morgan fingerprint density at radius 2 is 1.92 bits per heavy atom. The Hall–Kier alpha value is -1.59. The van der Waals surface area contributed by atoms with E-state index in [1.807, 2.05) is 7.05 Å². The predicted molar refractivity (Wildman–Crippen MR) is 103 cm³/mol. The number of aliphatic imine (C=N–C) groups is 1. The number of rotatable bonds is 8. The van der Waals surface area contributed by atoms with Crippen LogP contribution in [0.3, 0.4) is 0 Å². The van der Waals surface area contributed by atoms with Crippen LogP contribution in [-0.2, 0) is 11.3 Å². The summed E-state index contributed by atoms with van der Waals surface area (Å²) in [7, 11) is 1.88. The number of benzene rings is 1. The smallest absolute Gasteiger partial charge is 0.193 e. The van der Waals surface area contributed by atoms with Gasteiger partial charge in [-0.05, 0) is 30.7 Å². The normalized spacial score (nSPS) is 19.2. The van der Waals surface area contributed by atoms with E-state index in [0.29, 0.717) is 0 Å². The third-order valence-corrected chi connectivity index (χ3v) is 4.93. The van der Waals surface area contributed by atoms with Crippen molar-refractivity contribution in [2.75, 3.05) is 53.0 Å². The SMILES string of the molecule is CN=C(NCCCOCC1CC1)N1CCN(Cc2ccccc2)CC1. The molecule has 1 aliphatic heterocycles. The van der Waals surface area contributed by atoms with Gasteiger partial charge in [-0.3, -0.25) is 9.89 Å². The molecular formula is C20H32N4O. The van der Waals surface area contributed by atoms with Crippen molar-refractivity contribution in [3.8, 4) is 0 Å². The van der Waals surface area contributed by atoms with E-state index in [4.69, 9.17) is 4.74 Å². The Labute approximate surface area is 152 Å². The number of hydrogen-bond donors (Lipinski definition) is 1. The van der Waals surface area contributed by atoms with Crippen molar-refractivity contribution in [3.63, 3.8) is 0 Å². The second-order valence-electron chi connectivity index (χ2n) is 7.09. The van der Waals surface area contributed by atoms with E-state index in [1.54, 1.807) is 0 Å². The quantitative estimate of drug-likeness (QED) is 0.446. The summed E-state index contributed by atoms with van der Waals surface area (Å²) < 4.78 is 5.69. The first kappa shape index (κ1) is 18.2. The molecule has 1 saturated heterocycles. The minimum absolute atomic E-state index is 0.853.